The Balaban J connectivity index is 1.80. The highest BCUT2D eigenvalue weighted by molar-refractivity contribution is 5.75. The quantitative estimate of drug-likeness (QED) is 0.777. The van der Waals surface area contributed by atoms with E-state index in [0.29, 0.717) is 31.1 Å². The summed E-state index contributed by atoms with van der Waals surface area (Å²) < 4.78 is 5.21. The maximum absolute atomic E-state index is 11.6. The molecule has 1 unspecified atom stereocenters. The maximum atomic E-state index is 11.6. The van der Waals surface area contributed by atoms with E-state index in [9.17, 15) is 4.79 Å². The number of amides is 1. The van der Waals surface area contributed by atoms with Crippen molar-refractivity contribution in [1.82, 2.24) is 15.5 Å². The van der Waals surface area contributed by atoms with Gasteiger partial charge in [-0.15, -0.1) is 0 Å². The van der Waals surface area contributed by atoms with Crippen LogP contribution in [0.25, 0.3) is 11.5 Å². The van der Waals surface area contributed by atoms with Gasteiger partial charge >= 0.3 is 0 Å². The van der Waals surface area contributed by atoms with Gasteiger partial charge in [0.05, 0.1) is 0 Å². The molecule has 3 N–H and O–H groups in total. The first-order valence-electron chi connectivity index (χ1n) is 8.02. The molecule has 0 spiro atoms. The zero-order chi connectivity index (χ0) is 16.7. The van der Waals surface area contributed by atoms with E-state index in [1.54, 1.807) is 0 Å². The highest BCUT2D eigenvalue weighted by Gasteiger charge is 2.07. The molecule has 1 atom stereocenters. The van der Waals surface area contributed by atoms with E-state index in [1.807, 2.05) is 38.1 Å². The molecule has 0 aliphatic carbocycles. The topological polar surface area (TPSA) is 94.0 Å². The van der Waals surface area contributed by atoms with E-state index in [1.165, 1.54) is 0 Å². The van der Waals surface area contributed by atoms with Gasteiger partial charge < -0.3 is 15.6 Å². The molecule has 6 heteroatoms. The standard InChI is InChI=1S/C17H24N4O2/c1-3-15-20-17(23-21-15)14-7-5-13(6-8-14)10-11-19-16(22)9-4-12(2)18/h5-8,12H,3-4,9-11,18H2,1-2H3,(H,19,22). The molecule has 0 fully saturated rings. The van der Waals surface area contributed by atoms with Crippen LogP contribution in [0.1, 0.15) is 38.1 Å². The van der Waals surface area contributed by atoms with Gasteiger partial charge in [-0.3, -0.25) is 4.79 Å². The number of nitrogens with two attached hydrogens (primary N) is 1. The number of benzene rings is 1. The summed E-state index contributed by atoms with van der Waals surface area (Å²) >= 11 is 0. The minimum atomic E-state index is 0.0527. The van der Waals surface area contributed by atoms with Crippen LogP contribution >= 0.6 is 0 Å². The summed E-state index contributed by atoms with van der Waals surface area (Å²) in [7, 11) is 0. The highest BCUT2D eigenvalue weighted by atomic mass is 16.5. The lowest BCUT2D eigenvalue weighted by molar-refractivity contribution is -0.121. The fraction of sp³-hybridized carbons (Fsp3) is 0.471. The molecule has 0 aliphatic rings. The zero-order valence-corrected chi connectivity index (χ0v) is 13.7. The summed E-state index contributed by atoms with van der Waals surface area (Å²) in [5.41, 5.74) is 7.69. The van der Waals surface area contributed by atoms with Gasteiger partial charge in [0.2, 0.25) is 5.91 Å². The number of rotatable bonds is 8. The van der Waals surface area contributed by atoms with Gasteiger partial charge in [0.1, 0.15) is 0 Å². The highest BCUT2D eigenvalue weighted by Crippen LogP contribution is 2.18. The molecule has 6 nitrogen and oxygen atoms in total. The number of nitrogens with zero attached hydrogens (tertiary/aromatic N) is 2. The Hall–Kier alpha value is -2.21. The fourth-order valence-electron chi connectivity index (χ4n) is 2.12. The van der Waals surface area contributed by atoms with Crippen molar-refractivity contribution in [2.24, 2.45) is 5.73 Å². The van der Waals surface area contributed by atoms with Crippen LogP contribution in [0.4, 0.5) is 0 Å². The van der Waals surface area contributed by atoms with Crippen molar-refractivity contribution in [2.75, 3.05) is 6.54 Å². The molecule has 1 heterocycles. The molecule has 2 rings (SSSR count). The Morgan fingerprint density at radius 1 is 1.35 bits per heavy atom. The van der Waals surface area contributed by atoms with Crippen molar-refractivity contribution in [3.8, 4) is 11.5 Å². The lowest BCUT2D eigenvalue weighted by Gasteiger charge is -2.07. The molecular formula is C17H24N4O2. The number of aryl methyl sites for hydroxylation is 1. The fourth-order valence-corrected chi connectivity index (χ4v) is 2.12. The molecule has 1 amide bonds. The number of nitrogens with one attached hydrogen (secondary N) is 1. The lowest BCUT2D eigenvalue weighted by Crippen LogP contribution is -2.27. The van der Waals surface area contributed by atoms with Crippen molar-refractivity contribution < 1.29 is 9.32 Å². The van der Waals surface area contributed by atoms with E-state index in [0.717, 1.165) is 24.0 Å². The third-order valence-electron chi connectivity index (χ3n) is 3.55. The summed E-state index contributed by atoms with van der Waals surface area (Å²) in [5, 5.41) is 6.80. The Morgan fingerprint density at radius 3 is 2.70 bits per heavy atom. The summed E-state index contributed by atoms with van der Waals surface area (Å²) in [6.07, 6.45) is 2.73. The third-order valence-corrected chi connectivity index (χ3v) is 3.55. The monoisotopic (exact) mass is 316 g/mol. The van der Waals surface area contributed by atoms with Crippen molar-refractivity contribution >= 4 is 5.91 Å². The number of hydrogen-bond acceptors (Lipinski definition) is 5. The minimum absolute atomic E-state index is 0.0527. The second kappa shape index (κ2) is 8.43. The second-order valence-corrected chi connectivity index (χ2v) is 5.68. The number of hydrogen-bond donors (Lipinski definition) is 2. The second-order valence-electron chi connectivity index (χ2n) is 5.68. The zero-order valence-electron chi connectivity index (χ0n) is 13.7. The molecule has 23 heavy (non-hydrogen) atoms. The van der Waals surface area contributed by atoms with Crippen molar-refractivity contribution in [3.63, 3.8) is 0 Å². The Kier molecular flexibility index (Phi) is 6.29. The SMILES string of the molecule is CCc1noc(-c2ccc(CCNC(=O)CCC(C)N)cc2)n1. The van der Waals surface area contributed by atoms with Crippen LogP contribution in [-0.2, 0) is 17.6 Å². The van der Waals surface area contributed by atoms with Crippen LogP contribution in [-0.4, -0.2) is 28.6 Å². The number of aromatic nitrogens is 2. The first kappa shape index (κ1) is 17.1. The average molecular weight is 316 g/mol. The van der Waals surface area contributed by atoms with E-state index < -0.39 is 0 Å². The molecule has 1 aromatic heterocycles. The Labute approximate surface area is 136 Å². The Morgan fingerprint density at radius 2 is 2.09 bits per heavy atom. The molecular weight excluding hydrogens is 292 g/mol. The number of carbonyl (C=O) groups excluding carboxylic acids is 1. The molecule has 1 aromatic carbocycles. The van der Waals surface area contributed by atoms with E-state index in [2.05, 4.69) is 15.5 Å². The van der Waals surface area contributed by atoms with Gasteiger partial charge in [0.15, 0.2) is 5.82 Å². The van der Waals surface area contributed by atoms with E-state index in [-0.39, 0.29) is 11.9 Å². The van der Waals surface area contributed by atoms with Crippen LogP contribution in [0.15, 0.2) is 28.8 Å². The van der Waals surface area contributed by atoms with Crippen molar-refractivity contribution in [3.05, 3.63) is 35.7 Å². The molecule has 0 aliphatic heterocycles. The van der Waals surface area contributed by atoms with Gasteiger partial charge in [-0.2, -0.15) is 4.98 Å². The average Bonchev–Trinajstić information content (AvgIpc) is 3.02. The number of carbonyl (C=O) groups is 1. The van der Waals surface area contributed by atoms with Gasteiger partial charge in [0, 0.05) is 31.0 Å². The first-order chi connectivity index (χ1) is 11.1. The van der Waals surface area contributed by atoms with Gasteiger partial charge in [0.25, 0.3) is 5.89 Å². The Bertz CT molecular complexity index is 620. The summed E-state index contributed by atoms with van der Waals surface area (Å²) in [4.78, 5) is 15.9. The predicted octanol–water partition coefficient (Wildman–Crippen LogP) is 2.09. The normalized spacial score (nSPS) is 12.1. The van der Waals surface area contributed by atoms with Crippen molar-refractivity contribution in [2.45, 2.75) is 45.6 Å². The molecule has 124 valence electrons. The van der Waals surface area contributed by atoms with Gasteiger partial charge in [-0.25, -0.2) is 0 Å². The molecule has 0 saturated carbocycles. The van der Waals surface area contributed by atoms with E-state index >= 15 is 0 Å². The van der Waals surface area contributed by atoms with Crippen molar-refractivity contribution in [1.29, 1.82) is 0 Å². The molecule has 0 radical (unpaired) electrons. The van der Waals surface area contributed by atoms with Gasteiger partial charge in [-0.05, 0) is 37.5 Å². The minimum Gasteiger partial charge on any atom is -0.356 e. The van der Waals surface area contributed by atoms with Crippen LogP contribution in [0.2, 0.25) is 0 Å². The largest absolute Gasteiger partial charge is 0.356 e. The van der Waals surface area contributed by atoms with Crippen LogP contribution in [0, 0.1) is 0 Å². The van der Waals surface area contributed by atoms with Gasteiger partial charge in [-0.1, -0.05) is 24.2 Å². The summed E-state index contributed by atoms with van der Waals surface area (Å²) in [6, 6.07) is 8.00. The molecule has 0 bridgehead atoms. The van der Waals surface area contributed by atoms with Crippen LogP contribution in [0.3, 0.4) is 0 Å². The third kappa shape index (κ3) is 5.49. The lowest BCUT2D eigenvalue weighted by atomic mass is 10.1. The van der Waals surface area contributed by atoms with E-state index in [4.69, 9.17) is 10.3 Å². The smallest absolute Gasteiger partial charge is 0.257 e. The predicted molar refractivity (Wildman–Crippen MR) is 88.7 cm³/mol. The van der Waals surface area contributed by atoms with Crippen LogP contribution < -0.4 is 11.1 Å². The summed E-state index contributed by atoms with van der Waals surface area (Å²) in [5.74, 6) is 1.30. The molecule has 2 aromatic rings. The van der Waals surface area contributed by atoms with Crippen LogP contribution in [0.5, 0.6) is 0 Å². The maximum Gasteiger partial charge on any atom is 0.257 e. The summed E-state index contributed by atoms with van der Waals surface area (Å²) in [6.45, 7) is 4.51. The first-order valence-corrected chi connectivity index (χ1v) is 8.02. The molecule has 0 saturated heterocycles.